The van der Waals surface area contributed by atoms with E-state index in [1.165, 1.54) is 25.3 Å². The van der Waals surface area contributed by atoms with Gasteiger partial charge >= 0.3 is 11.7 Å². The van der Waals surface area contributed by atoms with Crippen LogP contribution in [0.15, 0.2) is 53.2 Å². The van der Waals surface area contributed by atoms with Gasteiger partial charge in [0.05, 0.1) is 12.0 Å². The van der Waals surface area contributed by atoms with Crippen LogP contribution < -0.4 is 4.74 Å². The van der Waals surface area contributed by atoms with Gasteiger partial charge in [0.2, 0.25) is 5.90 Å². The maximum Gasteiger partial charge on any atom is 0.363 e. The van der Waals surface area contributed by atoms with Crippen molar-refractivity contribution in [1.29, 1.82) is 0 Å². The molecule has 0 unspecified atom stereocenters. The average molecular weight is 338 g/mol. The molecule has 0 fully saturated rings. The van der Waals surface area contributed by atoms with Gasteiger partial charge in [0, 0.05) is 11.6 Å². The number of aryl methyl sites for hydroxylation is 1. The van der Waals surface area contributed by atoms with Crippen molar-refractivity contribution in [2.24, 2.45) is 4.99 Å². The van der Waals surface area contributed by atoms with Gasteiger partial charge in [-0.2, -0.15) is 0 Å². The van der Waals surface area contributed by atoms with Crippen molar-refractivity contribution >= 4 is 23.6 Å². The fourth-order valence-corrected chi connectivity index (χ4v) is 2.33. The van der Waals surface area contributed by atoms with Crippen molar-refractivity contribution in [3.63, 3.8) is 0 Å². The van der Waals surface area contributed by atoms with E-state index in [1.54, 1.807) is 6.07 Å². The van der Waals surface area contributed by atoms with E-state index >= 15 is 0 Å². The first kappa shape index (κ1) is 16.4. The average Bonchev–Trinajstić information content (AvgIpc) is 2.96. The van der Waals surface area contributed by atoms with E-state index in [4.69, 9.17) is 9.47 Å². The number of nitrogens with zero attached hydrogens (tertiary/aromatic N) is 2. The molecular formula is C18H14N2O5. The highest BCUT2D eigenvalue weighted by atomic mass is 16.6. The van der Waals surface area contributed by atoms with Crippen LogP contribution in [0.5, 0.6) is 5.75 Å². The number of aliphatic imine (C=N–C) groups is 1. The highest BCUT2D eigenvalue weighted by molar-refractivity contribution is 6.12. The molecule has 0 saturated heterocycles. The fraction of sp³-hybridized carbons (Fsp3) is 0.111. The molecule has 2 aromatic rings. The van der Waals surface area contributed by atoms with Crippen molar-refractivity contribution < 1.29 is 19.2 Å². The number of methoxy groups -OCH3 is 1. The van der Waals surface area contributed by atoms with Crippen LogP contribution in [-0.4, -0.2) is 23.9 Å². The van der Waals surface area contributed by atoms with E-state index < -0.39 is 10.9 Å². The van der Waals surface area contributed by atoms with Crippen molar-refractivity contribution in [2.45, 2.75) is 6.92 Å². The smallest absolute Gasteiger partial charge is 0.363 e. The molecule has 3 rings (SSSR count). The number of hydrogen-bond acceptors (Lipinski definition) is 6. The number of rotatable bonds is 4. The SMILES string of the molecule is COc1ccc(C=C2N=C(c3ccc(C)cc3)OC2=O)cc1[N+](=O)[O-]. The minimum absolute atomic E-state index is 0.0787. The van der Waals surface area contributed by atoms with E-state index in [0.717, 1.165) is 5.56 Å². The monoisotopic (exact) mass is 338 g/mol. The Kier molecular flexibility index (Phi) is 4.30. The van der Waals surface area contributed by atoms with Crippen molar-refractivity contribution in [3.8, 4) is 5.75 Å². The van der Waals surface area contributed by atoms with E-state index in [2.05, 4.69) is 4.99 Å². The van der Waals surface area contributed by atoms with Crippen LogP contribution in [0.4, 0.5) is 5.69 Å². The number of esters is 1. The van der Waals surface area contributed by atoms with Gasteiger partial charge in [0.25, 0.3) is 0 Å². The second kappa shape index (κ2) is 6.56. The zero-order chi connectivity index (χ0) is 18.0. The second-order valence-corrected chi connectivity index (χ2v) is 5.39. The Bertz CT molecular complexity index is 914. The Labute approximate surface area is 143 Å². The molecule has 0 amide bonds. The summed E-state index contributed by atoms with van der Waals surface area (Å²) in [6.45, 7) is 1.95. The molecule has 25 heavy (non-hydrogen) atoms. The lowest BCUT2D eigenvalue weighted by Gasteiger charge is -2.02. The molecule has 0 bridgehead atoms. The van der Waals surface area contributed by atoms with Crippen LogP contribution >= 0.6 is 0 Å². The van der Waals surface area contributed by atoms with Crippen molar-refractivity contribution in [2.75, 3.05) is 7.11 Å². The van der Waals surface area contributed by atoms with Crippen molar-refractivity contribution in [3.05, 3.63) is 75.0 Å². The summed E-state index contributed by atoms with van der Waals surface area (Å²) in [6, 6.07) is 11.8. The molecule has 1 heterocycles. The molecule has 0 atom stereocenters. The number of nitro benzene ring substituents is 1. The molecule has 0 saturated carbocycles. The summed E-state index contributed by atoms with van der Waals surface area (Å²) < 4.78 is 10.1. The molecule has 1 aliphatic rings. The summed E-state index contributed by atoms with van der Waals surface area (Å²) in [5, 5.41) is 11.1. The van der Waals surface area contributed by atoms with E-state index in [1.807, 2.05) is 31.2 Å². The number of benzene rings is 2. The van der Waals surface area contributed by atoms with Crippen LogP contribution in [0.2, 0.25) is 0 Å². The number of carbonyl (C=O) groups excluding carboxylic acids is 1. The number of carbonyl (C=O) groups is 1. The Morgan fingerprint density at radius 1 is 1.20 bits per heavy atom. The fourth-order valence-electron chi connectivity index (χ4n) is 2.33. The summed E-state index contributed by atoms with van der Waals surface area (Å²) in [4.78, 5) is 26.7. The minimum Gasteiger partial charge on any atom is -0.490 e. The molecule has 0 aromatic heterocycles. The van der Waals surface area contributed by atoms with Crippen LogP contribution in [0.1, 0.15) is 16.7 Å². The first-order valence-electron chi connectivity index (χ1n) is 7.40. The molecule has 0 spiro atoms. The predicted molar refractivity (Wildman–Crippen MR) is 91.4 cm³/mol. The number of hydrogen-bond donors (Lipinski definition) is 0. The Hall–Kier alpha value is -3.48. The summed E-state index contributed by atoms with van der Waals surface area (Å²) >= 11 is 0. The van der Waals surface area contributed by atoms with Gasteiger partial charge in [-0.1, -0.05) is 23.8 Å². The molecule has 0 aliphatic carbocycles. The van der Waals surface area contributed by atoms with E-state index in [0.29, 0.717) is 11.1 Å². The zero-order valence-electron chi connectivity index (χ0n) is 13.6. The summed E-state index contributed by atoms with van der Waals surface area (Å²) in [5.41, 5.74) is 2.10. The molecule has 2 aromatic carbocycles. The van der Waals surface area contributed by atoms with E-state index in [-0.39, 0.29) is 23.0 Å². The van der Waals surface area contributed by atoms with Crippen molar-refractivity contribution in [1.82, 2.24) is 0 Å². The summed E-state index contributed by atoms with van der Waals surface area (Å²) in [5.74, 6) is -0.252. The largest absolute Gasteiger partial charge is 0.490 e. The van der Waals surface area contributed by atoms with Crippen LogP contribution in [0, 0.1) is 17.0 Å². The topological polar surface area (TPSA) is 91.0 Å². The molecule has 0 radical (unpaired) electrons. The third kappa shape index (κ3) is 3.40. The van der Waals surface area contributed by atoms with Crippen LogP contribution in [-0.2, 0) is 9.53 Å². The molecular weight excluding hydrogens is 324 g/mol. The minimum atomic E-state index is -0.603. The van der Waals surface area contributed by atoms with Gasteiger partial charge in [0.15, 0.2) is 11.4 Å². The third-order valence-electron chi connectivity index (χ3n) is 3.62. The molecule has 0 N–H and O–H groups in total. The summed E-state index contributed by atoms with van der Waals surface area (Å²) in [7, 11) is 1.35. The normalized spacial score (nSPS) is 15.0. The number of cyclic esters (lactones) is 1. The first-order chi connectivity index (χ1) is 12.0. The third-order valence-corrected chi connectivity index (χ3v) is 3.62. The lowest BCUT2D eigenvalue weighted by atomic mass is 10.1. The Morgan fingerprint density at radius 2 is 1.92 bits per heavy atom. The Morgan fingerprint density at radius 3 is 2.56 bits per heavy atom. The predicted octanol–water partition coefficient (Wildman–Crippen LogP) is 3.26. The number of ether oxygens (including phenoxy) is 2. The zero-order valence-corrected chi connectivity index (χ0v) is 13.6. The maximum atomic E-state index is 12.0. The Balaban J connectivity index is 1.95. The molecule has 1 aliphatic heterocycles. The van der Waals surface area contributed by atoms with Gasteiger partial charge in [0.1, 0.15) is 0 Å². The van der Waals surface area contributed by atoms with Gasteiger partial charge in [-0.05, 0) is 36.8 Å². The second-order valence-electron chi connectivity index (χ2n) is 5.39. The highest BCUT2D eigenvalue weighted by Crippen LogP contribution is 2.29. The lowest BCUT2D eigenvalue weighted by Crippen LogP contribution is -2.05. The summed E-state index contributed by atoms with van der Waals surface area (Å²) in [6.07, 6.45) is 1.44. The standard InChI is InChI=1S/C18H14N2O5/c1-11-3-6-13(7-4-11)17-19-14(18(21)25-17)9-12-5-8-16(24-2)15(10-12)20(22)23/h3-10H,1-2H3. The van der Waals surface area contributed by atoms with Crippen LogP contribution in [0.25, 0.3) is 6.08 Å². The van der Waals surface area contributed by atoms with Gasteiger partial charge in [-0.15, -0.1) is 0 Å². The quantitative estimate of drug-likeness (QED) is 0.369. The van der Waals surface area contributed by atoms with Gasteiger partial charge in [-0.3, -0.25) is 10.1 Å². The maximum absolute atomic E-state index is 12.0. The lowest BCUT2D eigenvalue weighted by molar-refractivity contribution is -0.385. The molecule has 126 valence electrons. The van der Waals surface area contributed by atoms with Crippen LogP contribution in [0.3, 0.4) is 0 Å². The van der Waals surface area contributed by atoms with Gasteiger partial charge in [-0.25, -0.2) is 9.79 Å². The number of nitro groups is 1. The van der Waals surface area contributed by atoms with Gasteiger partial charge < -0.3 is 9.47 Å². The first-order valence-corrected chi connectivity index (χ1v) is 7.40. The molecule has 7 heteroatoms. The molecule has 7 nitrogen and oxygen atoms in total. The van der Waals surface area contributed by atoms with E-state index in [9.17, 15) is 14.9 Å². The highest BCUT2D eigenvalue weighted by Gasteiger charge is 2.24.